The van der Waals surface area contributed by atoms with Crippen molar-refractivity contribution in [2.45, 2.75) is 33.1 Å². The average molecular weight is 264 g/mol. The third-order valence-electron chi connectivity index (χ3n) is 2.99. The highest BCUT2D eigenvalue weighted by atomic mass is 16.5. The van der Waals surface area contributed by atoms with Crippen molar-refractivity contribution < 1.29 is 9.53 Å². The minimum Gasteiger partial charge on any atom is -0.494 e. The number of hydrogen-bond acceptors (Lipinski definition) is 3. The second kappa shape index (κ2) is 7.67. The van der Waals surface area contributed by atoms with Crippen LogP contribution in [0.4, 0.5) is 5.69 Å². The summed E-state index contributed by atoms with van der Waals surface area (Å²) in [5.74, 6) is 1.03. The van der Waals surface area contributed by atoms with E-state index in [0.717, 1.165) is 12.8 Å². The maximum atomic E-state index is 12.0. The van der Waals surface area contributed by atoms with Crippen LogP contribution in [0.25, 0.3) is 0 Å². The van der Waals surface area contributed by atoms with Crippen molar-refractivity contribution in [2.75, 3.05) is 19.4 Å². The predicted molar refractivity (Wildman–Crippen MR) is 78.4 cm³/mol. The van der Waals surface area contributed by atoms with E-state index in [2.05, 4.69) is 19.2 Å². The van der Waals surface area contributed by atoms with Crippen LogP contribution in [0.15, 0.2) is 18.2 Å². The number of nitrogens with two attached hydrogens (primary N) is 1. The molecule has 0 unspecified atom stereocenters. The topological polar surface area (TPSA) is 64.3 Å². The number of amides is 1. The first kappa shape index (κ1) is 15.3. The Kier molecular flexibility index (Phi) is 6.19. The van der Waals surface area contributed by atoms with Crippen LogP contribution in [0.5, 0.6) is 5.75 Å². The third-order valence-corrected chi connectivity index (χ3v) is 2.99. The van der Waals surface area contributed by atoms with Gasteiger partial charge in [0.15, 0.2) is 5.75 Å². The molecule has 0 spiro atoms. The highest BCUT2D eigenvalue weighted by Gasteiger charge is 2.13. The number of nitrogens with one attached hydrogen (secondary N) is 1. The molecule has 0 bridgehead atoms. The molecule has 1 aromatic rings. The molecule has 19 heavy (non-hydrogen) atoms. The van der Waals surface area contributed by atoms with Gasteiger partial charge in [0.1, 0.15) is 0 Å². The van der Waals surface area contributed by atoms with Crippen LogP contribution in [0.3, 0.4) is 0 Å². The molecule has 0 aliphatic rings. The van der Waals surface area contributed by atoms with Crippen molar-refractivity contribution >= 4 is 11.6 Å². The van der Waals surface area contributed by atoms with E-state index in [0.29, 0.717) is 29.5 Å². The van der Waals surface area contributed by atoms with Crippen molar-refractivity contribution in [3.8, 4) is 5.75 Å². The average Bonchev–Trinajstić information content (AvgIpc) is 2.37. The van der Waals surface area contributed by atoms with Gasteiger partial charge in [-0.15, -0.1) is 0 Å². The maximum absolute atomic E-state index is 12.0. The molecule has 0 aromatic heterocycles. The van der Waals surface area contributed by atoms with Crippen molar-refractivity contribution in [3.63, 3.8) is 0 Å². The number of ether oxygens (including phenoxy) is 1. The zero-order valence-corrected chi connectivity index (χ0v) is 12.0. The van der Waals surface area contributed by atoms with Gasteiger partial charge in [-0.2, -0.15) is 0 Å². The first-order valence-corrected chi connectivity index (χ1v) is 6.77. The number of methoxy groups -OCH3 is 1. The van der Waals surface area contributed by atoms with Crippen LogP contribution < -0.4 is 15.8 Å². The van der Waals surface area contributed by atoms with E-state index in [-0.39, 0.29) is 5.91 Å². The Hall–Kier alpha value is -1.71. The Morgan fingerprint density at radius 3 is 2.74 bits per heavy atom. The van der Waals surface area contributed by atoms with Crippen molar-refractivity contribution in [2.24, 2.45) is 5.92 Å². The Morgan fingerprint density at radius 2 is 2.11 bits per heavy atom. The lowest BCUT2D eigenvalue weighted by Crippen LogP contribution is -2.25. The lowest BCUT2D eigenvalue weighted by molar-refractivity contribution is 0.0950. The molecular weight excluding hydrogens is 240 g/mol. The Morgan fingerprint density at radius 1 is 1.37 bits per heavy atom. The summed E-state index contributed by atoms with van der Waals surface area (Å²) in [5, 5.41) is 2.90. The second-order valence-electron chi connectivity index (χ2n) is 5.07. The molecule has 3 N–H and O–H groups in total. The molecule has 1 rings (SSSR count). The van der Waals surface area contributed by atoms with Gasteiger partial charge in [-0.05, 0) is 24.5 Å². The molecule has 0 saturated heterocycles. The fourth-order valence-electron chi connectivity index (χ4n) is 1.94. The van der Waals surface area contributed by atoms with Gasteiger partial charge in [0.05, 0.1) is 18.4 Å². The minimum absolute atomic E-state index is 0.131. The monoisotopic (exact) mass is 264 g/mol. The summed E-state index contributed by atoms with van der Waals surface area (Å²) in [6.07, 6.45) is 3.32. The second-order valence-corrected chi connectivity index (χ2v) is 5.07. The van der Waals surface area contributed by atoms with E-state index in [1.54, 1.807) is 18.2 Å². The number of anilines is 1. The zero-order valence-electron chi connectivity index (χ0n) is 12.0. The number of carbonyl (C=O) groups is 1. The van der Waals surface area contributed by atoms with Crippen LogP contribution in [0.2, 0.25) is 0 Å². The van der Waals surface area contributed by atoms with Gasteiger partial charge in [-0.3, -0.25) is 4.79 Å². The van der Waals surface area contributed by atoms with Gasteiger partial charge in [0.2, 0.25) is 0 Å². The standard InChI is InChI=1S/C15H24N2O2/c1-11(2)7-4-5-10-17-15(18)12-8-6-9-13(16)14(12)19-3/h6,8-9,11H,4-5,7,10,16H2,1-3H3,(H,17,18). The summed E-state index contributed by atoms with van der Waals surface area (Å²) in [4.78, 5) is 12.0. The number of para-hydroxylation sites is 1. The molecule has 0 heterocycles. The molecule has 0 aliphatic carbocycles. The van der Waals surface area contributed by atoms with E-state index in [1.165, 1.54) is 13.5 Å². The molecule has 1 amide bonds. The van der Waals surface area contributed by atoms with E-state index >= 15 is 0 Å². The van der Waals surface area contributed by atoms with Gasteiger partial charge >= 0.3 is 0 Å². The molecule has 1 aromatic carbocycles. The first-order chi connectivity index (χ1) is 9.06. The maximum Gasteiger partial charge on any atom is 0.255 e. The Bertz CT molecular complexity index is 417. The summed E-state index contributed by atoms with van der Waals surface area (Å²) >= 11 is 0. The molecule has 4 nitrogen and oxygen atoms in total. The van der Waals surface area contributed by atoms with Gasteiger partial charge in [-0.1, -0.05) is 32.8 Å². The number of rotatable bonds is 7. The summed E-state index contributed by atoms with van der Waals surface area (Å²) < 4.78 is 5.17. The molecule has 0 radical (unpaired) electrons. The molecular formula is C15H24N2O2. The van der Waals surface area contributed by atoms with Crippen LogP contribution in [-0.2, 0) is 0 Å². The van der Waals surface area contributed by atoms with Crippen molar-refractivity contribution in [1.82, 2.24) is 5.32 Å². The predicted octanol–water partition coefficient (Wildman–Crippen LogP) is 2.83. The minimum atomic E-state index is -0.131. The van der Waals surface area contributed by atoms with Gasteiger partial charge < -0.3 is 15.8 Å². The number of carbonyl (C=O) groups excluding carboxylic acids is 1. The Balaban J connectivity index is 2.48. The molecule has 0 fully saturated rings. The van der Waals surface area contributed by atoms with E-state index in [4.69, 9.17) is 10.5 Å². The number of nitrogen functional groups attached to an aromatic ring is 1. The first-order valence-electron chi connectivity index (χ1n) is 6.77. The smallest absolute Gasteiger partial charge is 0.255 e. The summed E-state index contributed by atoms with van der Waals surface area (Å²) in [6.45, 7) is 5.09. The summed E-state index contributed by atoms with van der Waals surface area (Å²) in [5.41, 5.74) is 6.75. The van der Waals surface area contributed by atoms with Crippen LogP contribution in [0.1, 0.15) is 43.5 Å². The largest absolute Gasteiger partial charge is 0.494 e. The number of unbranched alkanes of at least 4 members (excludes halogenated alkanes) is 1. The summed E-state index contributed by atoms with van der Waals surface area (Å²) in [6, 6.07) is 5.20. The highest BCUT2D eigenvalue weighted by Crippen LogP contribution is 2.25. The molecule has 0 aliphatic heterocycles. The van der Waals surface area contributed by atoms with Crippen molar-refractivity contribution in [3.05, 3.63) is 23.8 Å². The lowest BCUT2D eigenvalue weighted by Gasteiger charge is -2.11. The van der Waals surface area contributed by atoms with E-state index in [1.807, 2.05) is 0 Å². The van der Waals surface area contributed by atoms with E-state index in [9.17, 15) is 4.79 Å². The molecule has 0 saturated carbocycles. The van der Waals surface area contributed by atoms with Crippen LogP contribution >= 0.6 is 0 Å². The quantitative estimate of drug-likeness (QED) is 0.588. The van der Waals surface area contributed by atoms with Gasteiger partial charge in [-0.25, -0.2) is 0 Å². The fraction of sp³-hybridized carbons (Fsp3) is 0.533. The fourth-order valence-corrected chi connectivity index (χ4v) is 1.94. The van der Waals surface area contributed by atoms with Gasteiger partial charge in [0, 0.05) is 6.54 Å². The van der Waals surface area contributed by atoms with E-state index < -0.39 is 0 Å². The normalized spacial score (nSPS) is 10.5. The third kappa shape index (κ3) is 4.81. The van der Waals surface area contributed by atoms with Crippen LogP contribution in [-0.4, -0.2) is 19.6 Å². The van der Waals surface area contributed by atoms with Gasteiger partial charge in [0.25, 0.3) is 5.91 Å². The highest BCUT2D eigenvalue weighted by molar-refractivity contribution is 5.98. The van der Waals surface area contributed by atoms with Crippen LogP contribution in [0, 0.1) is 5.92 Å². The molecule has 106 valence electrons. The zero-order chi connectivity index (χ0) is 14.3. The van der Waals surface area contributed by atoms with Crippen molar-refractivity contribution in [1.29, 1.82) is 0 Å². The lowest BCUT2D eigenvalue weighted by atomic mass is 10.1. The SMILES string of the molecule is COc1c(N)cccc1C(=O)NCCCCC(C)C. The number of hydrogen-bond donors (Lipinski definition) is 2. The number of benzene rings is 1. The molecule has 0 atom stereocenters. The molecule has 4 heteroatoms. The Labute approximate surface area is 115 Å². The summed E-state index contributed by atoms with van der Waals surface area (Å²) in [7, 11) is 1.52.